The summed E-state index contributed by atoms with van der Waals surface area (Å²) in [5, 5.41) is 0. The molecule has 0 aromatic heterocycles. The zero-order chi connectivity index (χ0) is 14.5. The molecular weight excluding hydrogens is 235 g/mol. The number of unbranched alkanes of at least 4 members (excludes halogenated alkanes) is 3. The van der Waals surface area contributed by atoms with Crippen LogP contribution in [0.4, 0.5) is 0 Å². The van der Waals surface area contributed by atoms with Crippen molar-refractivity contribution in [2.24, 2.45) is 0 Å². The quantitative estimate of drug-likeness (QED) is 0.367. The molecule has 1 fully saturated rings. The highest BCUT2D eigenvalue weighted by molar-refractivity contribution is 6.48. The van der Waals surface area contributed by atoms with Gasteiger partial charge in [0, 0.05) is 5.82 Å². The van der Waals surface area contributed by atoms with Crippen LogP contribution in [0.2, 0.25) is 5.82 Å². The summed E-state index contributed by atoms with van der Waals surface area (Å²) in [4.78, 5) is 0. The van der Waals surface area contributed by atoms with Gasteiger partial charge in [0.05, 0.1) is 11.2 Å². The maximum atomic E-state index is 6.16. The highest BCUT2D eigenvalue weighted by atomic mass is 16.7. The Morgan fingerprint density at radius 1 is 1.00 bits per heavy atom. The van der Waals surface area contributed by atoms with E-state index < -0.39 is 0 Å². The number of allylic oxidation sites excluding steroid dienone is 2. The molecule has 19 heavy (non-hydrogen) atoms. The molecule has 2 nitrogen and oxygen atoms in total. The van der Waals surface area contributed by atoms with Crippen LogP contribution in [0.3, 0.4) is 0 Å². The molecule has 0 amide bonds. The molecule has 1 aliphatic rings. The van der Waals surface area contributed by atoms with Crippen molar-refractivity contribution in [1.29, 1.82) is 0 Å². The molecule has 0 N–H and O–H groups in total. The van der Waals surface area contributed by atoms with E-state index >= 15 is 0 Å². The Labute approximate surface area is 120 Å². The Hall–Kier alpha value is -0.275. The normalized spacial score (nSPS) is 23.2. The Morgan fingerprint density at radius 3 is 2.05 bits per heavy atom. The molecule has 0 aliphatic carbocycles. The first-order chi connectivity index (χ1) is 8.84. The molecule has 1 aliphatic heterocycles. The fraction of sp³-hybridized carbons (Fsp3) is 0.875. The van der Waals surface area contributed by atoms with Crippen molar-refractivity contribution >= 4 is 7.12 Å². The maximum absolute atomic E-state index is 6.16. The fourth-order valence-electron chi connectivity index (χ4n) is 2.44. The largest absolute Gasteiger partial charge is 0.465 e. The summed E-state index contributed by atoms with van der Waals surface area (Å²) in [7, 11) is -0.0946. The van der Waals surface area contributed by atoms with Crippen molar-refractivity contribution in [3.8, 4) is 0 Å². The highest BCUT2D eigenvalue weighted by Crippen LogP contribution is 2.41. The average Bonchev–Trinajstić information content (AvgIpc) is 2.52. The summed E-state index contributed by atoms with van der Waals surface area (Å²) < 4.78 is 12.3. The topological polar surface area (TPSA) is 18.5 Å². The Kier molecular flexibility index (Phi) is 6.13. The SMILES string of the molecule is C/C=C/C(CCCCCC)B1OC(C)(C)C(C)(C)O1. The minimum atomic E-state index is -0.221. The lowest BCUT2D eigenvalue weighted by atomic mass is 9.69. The van der Waals surface area contributed by atoms with Crippen LogP contribution in [0.5, 0.6) is 0 Å². The van der Waals surface area contributed by atoms with Crippen LogP contribution in [-0.2, 0) is 9.31 Å². The lowest BCUT2D eigenvalue weighted by molar-refractivity contribution is 0.00578. The summed E-state index contributed by atoms with van der Waals surface area (Å²) in [5.74, 6) is 0.378. The van der Waals surface area contributed by atoms with Crippen LogP contribution in [0.1, 0.15) is 73.6 Å². The van der Waals surface area contributed by atoms with Gasteiger partial charge in [0.1, 0.15) is 0 Å². The first-order valence-corrected chi connectivity index (χ1v) is 7.82. The number of hydrogen-bond acceptors (Lipinski definition) is 2. The molecule has 1 rings (SSSR count). The summed E-state index contributed by atoms with van der Waals surface area (Å²) in [6.45, 7) is 12.8. The van der Waals surface area contributed by atoms with Gasteiger partial charge in [0.2, 0.25) is 0 Å². The summed E-state index contributed by atoms with van der Waals surface area (Å²) in [5.41, 5.74) is -0.443. The van der Waals surface area contributed by atoms with Gasteiger partial charge >= 0.3 is 7.12 Å². The monoisotopic (exact) mass is 266 g/mol. The Morgan fingerprint density at radius 2 is 1.58 bits per heavy atom. The third kappa shape index (κ3) is 4.35. The smallest absolute Gasteiger partial charge is 0.403 e. The van der Waals surface area contributed by atoms with Crippen molar-refractivity contribution in [2.75, 3.05) is 0 Å². The van der Waals surface area contributed by atoms with Crippen LogP contribution in [-0.4, -0.2) is 18.3 Å². The summed E-state index contributed by atoms with van der Waals surface area (Å²) in [6, 6.07) is 0. The van der Waals surface area contributed by atoms with Crippen molar-refractivity contribution in [3.05, 3.63) is 12.2 Å². The minimum absolute atomic E-state index is 0.0946. The zero-order valence-electron chi connectivity index (χ0n) is 13.7. The molecule has 0 spiro atoms. The fourth-order valence-corrected chi connectivity index (χ4v) is 2.44. The first-order valence-electron chi connectivity index (χ1n) is 7.82. The standard InChI is InChI=1S/C16H31BO2/c1-7-9-10-11-13-14(12-8-2)17-18-15(3,4)16(5,6)19-17/h8,12,14H,7,9-11,13H2,1-6H3/b12-8+. The predicted octanol–water partition coefficient (Wildman–Crippen LogP) is 5.00. The molecule has 0 aromatic carbocycles. The summed E-state index contributed by atoms with van der Waals surface area (Å²) in [6.07, 6.45) is 10.7. The van der Waals surface area contributed by atoms with Gasteiger partial charge in [-0.3, -0.25) is 0 Å². The first kappa shape index (κ1) is 16.8. The third-order valence-corrected chi connectivity index (χ3v) is 4.45. The second kappa shape index (κ2) is 6.94. The van der Waals surface area contributed by atoms with Crippen LogP contribution in [0.25, 0.3) is 0 Å². The van der Waals surface area contributed by atoms with Crippen molar-refractivity contribution in [1.82, 2.24) is 0 Å². The van der Waals surface area contributed by atoms with Gasteiger partial charge < -0.3 is 9.31 Å². The minimum Gasteiger partial charge on any atom is -0.403 e. The van der Waals surface area contributed by atoms with Crippen LogP contribution < -0.4 is 0 Å². The zero-order valence-corrected chi connectivity index (χ0v) is 13.7. The molecule has 1 unspecified atom stereocenters. The highest BCUT2D eigenvalue weighted by Gasteiger charge is 2.52. The molecular formula is C16H31BO2. The molecule has 0 bridgehead atoms. The summed E-state index contributed by atoms with van der Waals surface area (Å²) >= 11 is 0. The van der Waals surface area contributed by atoms with Crippen LogP contribution >= 0.6 is 0 Å². The van der Waals surface area contributed by atoms with Crippen molar-refractivity contribution in [2.45, 2.75) is 90.7 Å². The van der Waals surface area contributed by atoms with Crippen LogP contribution in [0, 0.1) is 0 Å². The third-order valence-electron chi connectivity index (χ3n) is 4.45. The van der Waals surface area contributed by atoms with E-state index in [0.29, 0.717) is 5.82 Å². The lowest BCUT2D eigenvalue weighted by Crippen LogP contribution is -2.41. The van der Waals surface area contributed by atoms with Gasteiger partial charge in [-0.2, -0.15) is 0 Å². The maximum Gasteiger partial charge on any atom is 0.465 e. The average molecular weight is 266 g/mol. The van der Waals surface area contributed by atoms with Gasteiger partial charge in [-0.25, -0.2) is 0 Å². The van der Waals surface area contributed by atoms with E-state index in [1.54, 1.807) is 0 Å². The second-order valence-corrected chi connectivity index (χ2v) is 6.66. The predicted molar refractivity (Wildman–Crippen MR) is 83.4 cm³/mol. The van der Waals surface area contributed by atoms with E-state index in [9.17, 15) is 0 Å². The number of hydrogen-bond donors (Lipinski definition) is 0. The van der Waals surface area contributed by atoms with E-state index in [2.05, 4.69) is 53.7 Å². The van der Waals surface area contributed by atoms with Gasteiger partial charge in [-0.05, 0) is 41.0 Å². The van der Waals surface area contributed by atoms with Gasteiger partial charge in [-0.1, -0.05) is 44.8 Å². The molecule has 1 atom stereocenters. The number of rotatable bonds is 7. The van der Waals surface area contributed by atoms with Gasteiger partial charge in [-0.15, -0.1) is 0 Å². The van der Waals surface area contributed by atoms with Crippen molar-refractivity contribution in [3.63, 3.8) is 0 Å². The van der Waals surface area contributed by atoms with E-state index in [1.807, 2.05) is 0 Å². The lowest BCUT2D eigenvalue weighted by Gasteiger charge is -2.32. The molecule has 3 heteroatoms. The van der Waals surface area contributed by atoms with Crippen LogP contribution in [0.15, 0.2) is 12.2 Å². The molecule has 0 saturated carbocycles. The van der Waals surface area contributed by atoms with Crippen molar-refractivity contribution < 1.29 is 9.31 Å². The second-order valence-electron chi connectivity index (χ2n) is 6.66. The van der Waals surface area contributed by atoms with Gasteiger partial charge in [0.25, 0.3) is 0 Å². The Balaban J connectivity index is 2.58. The van der Waals surface area contributed by atoms with E-state index in [0.717, 1.165) is 6.42 Å². The molecule has 1 saturated heterocycles. The molecule has 1 heterocycles. The van der Waals surface area contributed by atoms with E-state index in [-0.39, 0.29) is 18.3 Å². The van der Waals surface area contributed by atoms with Gasteiger partial charge in [0.15, 0.2) is 0 Å². The van der Waals surface area contributed by atoms with E-state index in [4.69, 9.17) is 9.31 Å². The molecule has 0 aromatic rings. The van der Waals surface area contributed by atoms with E-state index in [1.165, 1.54) is 25.7 Å². The Bertz CT molecular complexity index is 281. The molecule has 110 valence electrons. The molecule has 0 radical (unpaired) electrons.